The Morgan fingerprint density at radius 2 is 1.95 bits per heavy atom. The van der Waals surface area contributed by atoms with E-state index in [9.17, 15) is 4.79 Å². The van der Waals surface area contributed by atoms with Crippen molar-refractivity contribution >= 4 is 24.0 Å². The topological polar surface area (TPSA) is 32.3 Å². The molecular formula is C17H25ClN2O. The number of rotatable bonds is 2. The molecule has 3 rings (SSSR count). The van der Waals surface area contributed by atoms with E-state index in [0.29, 0.717) is 11.8 Å². The zero-order valence-corrected chi connectivity index (χ0v) is 13.3. The number of nitrogens with one attached hydrogen (secondary N) is 1. The highest BCUT2D eigenvalue weighted by Crippen LogP contribution is 2.28. The summed E-state index contributed by atoms with van der Waals surface area (Å²) in [6.45, 7) is 3.02. The number of hydrogen-bond acceptors (Lipinski definition) is 2. The van der Waals surface area contributed by atoms with Crippen LogP contribution < -0.4 is 10.2 Å². The molecule has 1 fully saturated rings. The van der Waals surface area contributed by atoms with Gasteiger partial charge in [-0.1, -0.05) is 18.2 Å². The molecule has 1 N–H and O–H groups in total. The summed E-state index contributed by atoms with van der Waals surface area (Å²) in [5, 5.41) is 3.37. The standard InChI is InChI=1S/C17H24N2O.ClH/c20-17(13-14-8-10-18-11-9-14)19-12-4-3-6-15-5-1-2-7-16(15)19;/h1-2,5,7,14,18H,3-4,6,8-13H2;1H. The fourth-order valence-electron chi connectivity index (χ4n) is 3.39. The number of para-hydroxylation sites is 1. The van der Waals surface area contributed by atoms with Crippen LogP contribution in [0, 0.1) is 5.92 Å². The van der Waals surface area contributed by atoms with Crippen LogP contribution in [-0.4, -0.2) is 25.5 Å². The summed E-state index contributed by atoms with van der Waals surface area (Å²) in [5.41, 5.74) is 2.49. The van der Waals surface area contributed by atoms with Crippen molar-refractivity contribution in [2.24, 2.45) is 5.92 Å². The summed E-state index contributed by atoms with van der Waals surface area (Å²) in [4.78, 5) is 14.7. The average Bonchev–Trinajstić information content (AvgIpc) is 2.70. The van der Waals surface area contributed by atoms with Gasteiger partial charge in [0.25, 0.3) is 0 Å². The van der Waals surface area contributed by atoms with Gasteiger partial charge in [-0.3, -0.25) is 4.79 Å². The number of hydrogen-bond donors (Lipinski definition) is 1. The first-order valence-electron chi connectivity index (χ1n) is 7.93. The Morgan fingerprint density at radius 3 is 2.76 bits per heavy atom. The van der Waals surface area contributed by atoms with Crippen molar-refractivity contribution in [2.75, 3.05) is 24.5 Å². The van der Waals surface area contributed by atoms with Crippen molar-refractivity contribution in [3.63, 3.8) is 0 Å². The number of carbonyl (C=O) groups is 1. The van der Waals surface area contributed by atoms with E-state index in [-0.39, 0.29) is 12.4 Å². The maximum absolute atomic E-state index is 12.7. The molecule has 0 aliphatic carbocycles. The lowest BCUT2D eigenvalue weighted by Gasteiger charge is -2.27. The van der Waals surface area contributed by atoms with Crippen molar-refractivity contribution < 1.29 is 4.79 Å². The second-order valence-electron chi connectivity index (χ2n) is 6.03. The van der Waals surface area contributed by atoms with Crippen LogP contribution in [0.1, 0.15) is 37.7 Å². The molecule has 0 bridgehead atoms. The molecule has 0 radical (unpaired) electrons. The predicted molar refractivity (Wildman–Crippen MR) is 89.2 cm³/mol. The van der Waals surface area contributed by atoms with Crippen molar-refractivity contribution in [3.05, 3.63) is 29.8 Å². The second kappa shape index (κ2) is 7.81. The number of halogens is 1. The zero-order valence-electron chi connectivity index (χ0n) is 12.5. The Bertz CT molecular complexity index is 472. The van der Waals surface area contributed by atoms with Crippen LogP contribution in [0.15, 0.2) is 24.3 Å². The molecule has 1 aromatic carbocycles. The summed E-state index contributed by atoms with van der Waals surface area (Å²) in [6.07, 6.45) is 6.41. The molecule has 1 aromatic rings. The van der Waals surface area contributed by atoms with E-state index in [1.807, 2.05) is 4.90 Å². The van der Waals surface area contributed by atoms with E-state index in [1.54, 1.807) is 0 Å². The second-order valence-corrected chi connectivity index (χ2v) is 6.03. The molecular weight excluding hydrogens is 284 g/mol. The molecule has 2 aliphatic heterocycles. The molecule has 0 atom stereocenters. The van der Waals surface area contributed by atoms with Crippen molar-refractivity contribution in [3.8, 4) is 0 Å². The van der Waals surface area contributed by atoms with Crippen LogP contribution in [0.25, 0.3) is 0 Å². The third-order valence-corrected chi connectivity index (χ3v) is 4.58. The van der Waals surface area contributed by atoms with Gasteiger partial charge in [-0.2, -0.15) is 0 Å². The largest absolute Gasteiger partial charge is 0.317 e. The minimum absolute atomic E-state index is 0. The van der Waals surface area contributed by atoms with Crippen LogP contribution >= 0.6 is 12.4 Å². The monoisotopic (exact) mass is 308 g/mol. The highest BCUT2D eigenvalue weighted by molar-refractivity contribution is 5.94. The highest BCUT2D eigenvalue weighted by Gasteiger charge is 2.24. The molecule has 0 aromatic heterocycles. The fourth-order valence-corrected chi connectivity index (χ4v) is 3.39. The summed E-state index contributed by atoms with van der Waals surface area (Å²) >= 11 is 0. The van der Waals surface area contributed by atoms with E-state index in [2.05, 4.69) is 29.6 Å². The summed E-state index contributed by atoms with van der Waals surface area (Å²) < 4.78 is 0. The maximum Gasteiger partial charge on any atom is 0.227 e. The molecule has 4 heteroatoms. The quantitative estimate of drug-likeness (QED) is 0.910. The Labute approximate surface area is 133 Å². The number of nitrogens with zero attached hydrogens (tertiary/aromatic N) is 1. The highest BCUT2D eigenvalue weighted by atomic mass is 35.5. The Balaban J connectivity index is 0.00000161. The first-order valence-corrected chi connectivity index (χ1v) is 7.93. The van der Waals surface area contributed by atoms with Gasteiger partial charge in [0.2, 0.25) is 5.91 Å². The van der Waals surface area contributed by atoms with Gasteiger partial charge in [-0.05, 0) is 62.7 Å². The summed E-state index contributed by atoms with van der Waals surface area (Å²) in [6, 6.07) is 8.42. The lowest BCUT2D eigenvalue weighted by molar-refractivity contribution is -0.119. The van der Waals surface area contributed by atoms with Gasteiger partial charge in [-0.25, -0.2) is 0 Å². The average molecular weight is 309 g/mol. The lowest BCUT2D eigenvalue weighted by Crippen LogP contribution is -2.35. The summed E-state index contributed by atoms with van der Waals surface area (Å²) in [7, 11) is 0. The number of benzene rings is 1. The number of amides is 1. The number of carbonyl (C=O) groups excluding carboxylic acids is 1. The first kappa shape index (κ1) is 16.3. The molecule has 116 valence electrons. The number of aryl methyl sites for hydroxylation is 1. The van der Waals surface area contributed by atoms with Gasteiger partial charge in [0.05, 0.1) is 0 Å². The van der Waals surface area contributed by atoms with Gasteiger partial charge in [0.15, 0.2) is 0 Å². The molecule has 0 saturated carbocycles. The molecule has 0 spiro atoms. The summed E-state index contributed by atoms with van der Waals surface area (Å²) in [5.74, 6) is 0.894. The molecule has 3 nitrogen and oxygen atoms in total. The molecule has 0 unspecified atom stereocenters. The van der Waals surface area contributed by atoms with Crippen LogP contribution in [-0.2, 0) is 11.2 Å². The van der Waals surface area contributed by atoms with E-state index in [4.69, 9.17) is 0 Å². The fraction of sp³-hybridized carbons (Fsp3) is 0.588. The van der Waals surface area contributed by atoms with Gasteiger partial charge in [-0.15, -0.1) is 12.4 Å². The predicted octanol–water partition coefficient (Wildman–Crippen LogP) is 3.17. The number of piperidine rings is 1. The Hall–Kier alpha value is -1.06. The van der Waals surface area contributed by atoms with Crippen LogP contribution in [0.5, 0.6) is 0 Å². The van der Waals surface area contributed by atoms with E-state index in [0.717, 1.165) is 57.4 Å². The van der Waals surface area contributed by atoms with Crippen molar-refractivity contribution in [1.82, 2.24) is 5.32 Å². The third kappa shape index (κ3) is 3.98. The molecule has 2 aliphatic rings. The molecule has 2 heterocycles. The van der Waals surface area contributed by atoms with Gasteiger partial charge in [0, 0.05) is 18.7 Å². The van der Waals surface area contributed by atoms with Gasteiger partial charge >= 0.3 is 0 Å². The van der Waals surface area contributed by atoms with E-state index < -0.39 is 0 Å². The zero-order chi connectivity index (χ0) is 13.8. The minimum Gasteiger partial charge on any atom is -0.317 e. The van der Waals surface area contributed by atoms with Gasteiger partial charge < -0.3 is 10.2 Å². The van der Waals surface area contributed by atoms with Crippen molar-refractivity contribution in [2.45, 2.75) is 38.5 Å². The van der Waals surface area contributed by atoms with E-state index in [1.165, 1.54) is 12.0 Å². The first-order chi connectivity index (χ1) is 9.84. The maximum atomic E-state index is 12.7. The van der Waals surface area contributed by atoms with Gasteiger partial charge in [0.1, 0.15) is 0 Å². The minimum atomic E-state index is 0. The molecule has 1 saturated heterocycles. The van der Waals surface area contributed by atoms with Crippen LogP contribution in [0.3, 0.4) is 0 Å². The third-order valence-electron chi connectivity index (χ3n) is 4.58. The molecule has 21 heavy (non-hydrogen) atoms. The Morgan fingerprint density at radius 1 is 1.19 bits per heavy atom. The Kier molecular flexibility index (Phi) is 6.07. The van der Waals surface area contributed by atoms with Crippen LogP contribution in [0.2, 0.25) is 0 Å². The number of anilines is 1. The lowest BCUT2D eigenvalue weighted by atomic mass is 9.94. The number of fused-ring (bicyclic) bond motifs is 1. The van der Waals surface area contributed by atoms with E-state index >= 15 is 0 Å². The van der Waals surface area contributed by atoms with Crippen molar-refractivity contribution in [1.29, 1.82) is 0 Å². The molecule has 1 amide bonds. The smallest absolute Gasteiger partial charge is 0.227 e. The van der Waals surface area contributed by atoms with Crippen LogP contribution in [0.4, 0.5) is 5.69 Å². The normalized spacial score (nSPS) is 19.3. The SMILES string of the molecule is Cl.O=C(CC1CCNCC1)N1CCCCc2ccccc21.